The lowest BCUT2D eigenvalue weighted by molar-refractivity contribution is 0.0949. The monoisotopic (exact) mass is 572 g/mol. The topological polar surface area (TPSA) is 111 Å². The Morgan fingerprint density at radius 2 is 1.88 bits per heavy atom. The zero-order chi connectivity index (χ0) is 28.2. The first kappa shape index (κ1) is 26.1. The maximum absolute atomic E-state index is 14.6. The van der Waals surface area contributed by atoms with Crippen LogP contribution in [-0.2, 0) is 16.4 Å². The average Bonchev–Trinajstić information content (AvgIpc) is 3.61. The summed E-state index contributed by atoms with van der Waals surface area (Å²) < 4.78 is 85.8. The maximum atomic E-state index is 14.6. The molecule has 0 unspecified atom stereocenters. The zero-order valence-electron chi connectivity index (χ0n) is 20.6. The molecule has 1 saturated carbocycles. The molecule has 6 rings (SSSR count). The van der Waals surface area contributed by atoms with Gasteiger partial charge in [-0.15, -0.1) is 0 Å². The summed E-state index contributed by atoms with van der Waals surface area (Å²) in [6, 6.07) is 11.7. The van der Waals surface area contributed by atoms with E-state index in [-0.39, 0.29) is 25.1 Å². The van der Waals surface area contributed by atoms with Crippen molar-refractivity contribution < 1.29 is 35.5 Å². The third-order valence-electron chi connectivity index (χ3n) is 6.78. The molecule has 1 fully saturated rings. The number of rotatable bonds is 5. The van der Waals surface area contributed by atoms with E-state index >= 15 is 0 Å². The molecule has 1 aromatic carbocycles. The molecule has 0 bridgehead atoms. The van der Waals surface area contributed by atoms with Gasteiger partial charge in [-0.3, -0.25) is 14.8 Å². The number of nitrogens with one attached hydrogen (secondary N) is 1. The van der Waals surface area contributed by atoms with Gasteiger partial charge >= 0.3 is 0 Å². The van der Waals surface area contributed by atoms with Gasteiger partial charge in [0.05, 0.1) is 47.4 Å². The fourth-order valence-corrected chi connectivity index (χ4v) is 5.88. The molecule has 0 radical (unpaired) electrons. The molecular formula is C27H20F4N4O4S. The lowest BCUT2D eigenvalue weighted by Crippen LogP contribution is -2.24. The van der Waals surface area contributed by atoms with Crippen LogP contribution in [-0.4, -0.2) is 47.3 Å². The SMILES string of the molecule is O=C(NCc1cc2nc(-c3cccc([C@H]4CC4(F)F)n3)ccc2cn1)c1cc(F)c2c(c1)S(=O)(=O)[C@@H](F)CCO2. The number of pyridine rings is 3. The number of alkyl halides is 3. The van der Waals surface area contributed by atoms with Gasteiger partial charge in [0.2, 0.25) is 15.3 Å². The first-order valence-corrected chi connectivity index (χ1v) is 13.8. The molecule has 40 heavy (non-hydrogen) atoms. The molecule has 4 heterocycles. The summed E-state index contributed by atoms with van der Waals surface area (Å²) in [7, 11) is -4.54. The van der Waals surface area contributed by atoms with Crippen LogP contribution in [0.5, 0.6) is 5.75 Å². The summed E-state index contributed by atoms with van der Waals surface area (Å²) in [5.74, 6) is -6.15. The van der Waals surface area contributed by atoms with Crippen LogP contribution in [0.2, 0.25) is 0 Å². The third kappa shape index (κ3) is 4.74. The lowest BCUT2D eigenvalue weighted by Gasteiger charge is -2.12. The minimum absolute atomic E-state index is 0.112. The summed E-state index contributed by atoms with van der Waals surface area (Å²) >= 11 is 0. The number of carbonyl (C=O) groups excluding carboxylic acids is 1. The van der Waals surface area contributed by atoms with Crippen molar-refractivity contribution in [3.63, 3.8) is 0 Å². The van der Waals surface area contributed by atoms with E-state index in [0.29, 0.717) is 33.7 Å². The van der Waals surface area contributed by atoms with E-state index in [2.05, 4.69) is 20.3 Å². The van der Waals surface area contributed by atoms with Crippen LogP contribution in [0.1, 0.15) is 40.5 Å². The van der Waals surface area contributed by atoms with Gasteiger partial charge in [0, 0.05) is 30.0 Å². The predicted octanol–water partition coefficient (Wildman–Crippen LogP) is 4.74. The Morgan fingerprint density at radius 1 is 1.10 bits per heavy atom. The van der Waals surface area contributed by atoms with E-state index in [9.17, 15) is 30.8 Å². The van der Waals surface area contributed by atoms with E-state index in [4.69, 9.17) is 4.74 Å². The summed E-state index contributed by atoms with van der Waals surface area (Å²) in [5, 5.41) is 3.22. The standard InChI is InChI=1S/C27H20F4N4O4S/c28-18-8-15(9-23-25(18)39-7-6-24(29)40(23,37)38)26(36)33-13-16-10-22-14(12-32-16)4-5-21(35-22)20-3-1-2-19(34-20)17-11-27(17,30)31/h1-5,8-10,12,17,24H,6-7,11,13H2,(H,33,36)/t17-,24-/m1/s1. The Kier molecular flexibility index (Phi) is 6.21. The third-order valence-corrected chi connectivity index (χ3v) is 8.61. The van der Waals surface area contributed by atoms with Gasteiger partial charge in [0.25, 0.3) is 11.8 Å². The molecule has 1 aliphatic heterocycles. The lowest BCUT2D eigenvalue weighted by atomic mass is 10.1. The first-order valence-electron chi connectivity index (χ1n) is 12.3. The van der Waals surface area contributed by atoms with Crippen molar-refractivity contribution in [2.45, 2.75) is 41.6 Å². The molecule has 3 aromatic heterocycles. The van der Waals surface area contributed by atoms with Gasteiger partial charge in [0.15, 0.2) is 11.6 Å². The van der Waals surface area contributed by atoms with Crippen LogP contribution < -0.4 is 10.1 Å². The van der Waals surface area contributed by atoms with Crippen LogP contribution in [0.3, 0.4) is 0 Å². The van der Waals surface area contributed by atoms with Crippen molar-refractivity contribution in [1.29, 1.82) is 0 Å². The van der Waals surface area contributed by atoms with E-state index < -0.39 is 56.0 Å². The molecule has 4 aromatic rings. The Labute approximate surface area is 225 Å². The van der Waals surface area contributed by atoms with Crippen LogP contribution in [0.25, 0.3) is 22.3 Å². The highest BCUT2D eigenvalue weighted by Crippen LogP contribution is 2.55. The molecular weight excluding hydrogens is 552 g/mol. The van der Waals surface area contributed by atoms with Gasteiger partial charge in [-0.1, -0.05) is 6.07 Å². The molecule has 1 N–H and O–H groups in total. The van der Waals surface area contributed by atoms with Gasteiger partial charge in [-0.25, -0.2) is 31.0 Å². The molecule has 2 aliphatic rings. The van der Waals surface area contributed by atoms with E-state index in [1.807, 2.05) is 0 Å². The van der Waals surface area contributed by atoms with Crippen molar-refractivity contribution in [2.75, 3.05) is 6.61 Å². The highest BCUT2D eigenvalue weighted by molar-refractivity contribution is 7.92. The predicted molar refractivity (Wildman–Crippen MR) is 135 cm³/mol. The molecule has 13 heteroatoms. The number of fused-ring (bicyclic) bond motifs is 2. The first-order chi connectivity index (χ1) is 19.0. The summed E-state index contributed by atoms with van der Waals surface area (Å²) in [6.07, 6.45) is 0.850. The van der Waals surface area contributed by atoms with Crippen LogP contribution >= 0.6 is 0 Å². The maximum Gasteiger partial charge on any atom is 0.257 e. The van der Waals surface area contributed by atoms with Crippen LogP contribution in [0, 0.1) is 5.82 Å². The number of nitrogens with zero attached hydrogens (tertiary/aromatic N) is 3. The molecule has 8 nitrogen and oxygen atoms in total. The van der Waals surface area contributed by atoms with Gasteiger partial charge in [0.1, 0.15) is 4.90 Å². The van der Waals surface area contributed by atoms with Gasteiger partial charge in [-0.2, -0.15) is 0 Å². The largest absolute Gasteiger partial charge is 0.489 e. The summed E-state index contributed by atoms with van der Waals surface area (Å²) in [6.45, 7) is -0.434. The molecule has 1 amide bonds. The fourth-order valence-electron chi connectivity index (χ4n) is 4.49. The second-order valence-electron chi connectivity index (χ2n) is 9.59. The second-order valence-corrected chi connectivity index (χ2v) is 11.6. The molecule has 1 aliphatic carbocycles. The zero-order valence-corrected chi connectivity index (χ0v) is 21.4. The highest BCUT2D eigenvalue weighted by atomic mass is 32.2. The summed E-state index contributed by atoms with van der Waals surface area (Å²) in [5.41, 5.74) is -0.501. The quantitative estimate of drug-likeness (QED) is 0.344. The number of amides is 1. The molecule has 206 valence electrons. The number of carbonyl (C=O) groups is 1. The van der Waals surface area contributed by atoms with Gasteiger partial charge in [-0.05, 0) is 42.5 Å². The smallest absolute Gasteiger partial charge is 0.257 e. The number of ether oxygens (including phenoxy) is 1. The fraction of sp³-hybridized carbons (Fsp3) is 0.259. The normalized spacial score (nSPS) is 20.7. The Balaban J connectivity index is 1.22. The van der Waals surface area contributed by atoms with Crippen molar-refractivity contribution >= 4 is 26.6 Å². The Hall–Kier alpha value is -4.13. The molecule has 2 atom stereocenters. The molecule has 0 spiro atoms. The van der Waals surface area contributed by atoms with Crippen molar-refractivity contribution in [2.24, 2.45) is 0 Å². The van der Waals surface area contributed by atoms with E-state index in [1.54, 1.807) is 36.4 Å². The van der Waals surface area contributed by atoms with Crippen LogP contribution in [0.15, 0.2) is 59.6 Å². The number of sulfone groups is 1. The highest BCUT2D eigenvalue weighted by Gasteiger charge is 2.58. The van der Waals surface area contributed by atoms with E-state index in [1.165, 1.54) is 6.20 Å². The van der Waals surface area contributed by atoms with Crippen LogP contribution in [0.4, 0.5) is 17.6 Å². The van der Waals surface area contributed by atoms with Crippen molar-refractivity contribution in [1.82, 2.24) is 20.3 Å². The van der Waals surface area contributed by atoms with Gasteiger partial charge < -0.3 is 10.1 Å². The minimum atomic E-state index is -4.54. The molecule has 0 saturated heterocycles. The Bertz CT molecular complexity index is 1780. The number of hydrogen-bond acceptors (Lipinski definition) is 7. The Morgan fingerprint density at radius 3 is 2.65 bits per heavy atom. The second kappa shape index (κ2) is 9.51. The average molecular weight is 573 g/mol. The number of aromatic nitrogens is 3. The minimum Gasteiger partial charge on any atom is -0.489 e. The van der Waals surface area contributed by atoms with E-state index in [0.717, 1.165) is 12.1 Å². The number of hydrogen-bond donors (Lipinski definition) is 1. The number of benzene rings is 1. The van der Waals surface area contributed by atoms with Crippen molar-refractivity contribution in [3.8, 4) is 17.1 Å². The van der Waals surface area contributed by atoms with Crippen molar-refractivity contribution in [3.05, 3.63) is 77.5 Å². The summed E-state index contributed by atoms with van der Waals surface area (Å²) in [4.78, 5) is 25.3. The number of halogens is 4.